The van der Waals surface area contributed by atoms with Crippen LogP contribution in [0.2, 0.25) is 0 Å². The molecular formula is C17H17F2N3O4. The number of carboxylic acids is 1. The number of piperidine rings is 1. The smallest absolute Gasteiger partial charge is 0.338 e. The summed E-state index contributed by atoms with van der Waals surface area (Å²) in [7, 11) is 0. The predicted octanol–water partition coefficient (Wildman–Crippen LogP) is 2.10. The summed E-state index contributed by atoms with van der Waals surface area (Å²) in [5, 5.41) is 13.0. The van der Waals surface area contributed by atoms with Crippen molar-refractivity contribution in [1.82, 2.24) is 14.7 Å². The van der Waals surface area contributed by atoms with Crippen molar-refractivity contribution < 1.29 is 28.2 Å². The topological polar surface area (TPSA) is 84.7 Å². The van der Waals surface area contributed by atoms with E-state index in [0.717, 1.165) is 12.1 Å². The van der Waals surface area contributed by atoms with Gasteiger partial charge in [0.2, 0.25) is 0 Å². The second kappa shape index (κ2) is 7.51. The zero-order chi connectivity index (χ0) is 18.7. The normalized spacial score (nSPS) is 15.1. The van der Waals surface area contributed by atoms with Crippen molar-refractivity contribution in [2.24, 2.45) is 0 Å². The molecule has 0 atom stereocenters. The molecule has 1 aromatic carbocycles. The molecule has 0 radical (unpaired) electrons. The highest BCUT2D eigenvalue weighted by atomic mass is 19.1. The van der Waals surface area contributed by atoms with Gasteiger partial charge in [-0.1, -0.05) is 0 Å². The number of carboxylic acid groups (broad SMARTS) is 1. The van der Waals surface area contributed by atoms with Crippen LogP contribution in [0.3, 0.4) is 0 Å². The largest absolute Gasteiger partial charge is 0.481 e. The van der Waals surface area contributed by atoms with Crippen LogP contribution in [0.15, 0.2) is 30.6 Å². The molecule has 1 fully saturated rings. The molecule has 2 aromatic rings. The third kappa shape index (κ3) is 3.98. The van der Waals surface area contributed by atoms with Gasteiger partial charge in [-0.05, 0) is 25.0 Å². The molecule has 0 spiro atoms. The van der Waals surface area contributed by atoms with Crippen molar-refractivity contribution in [2.75, 3.05) is 19.7 Å². The number of rotatable bonds is 5. The number of nitrogens with zero attached hydrogens (tertiary/aromatic N) is 3. The minimum atomic E-state index is -1.03. The lowest BCUT2D eigenvalue weighted by atomic mass is 10.1. The first kappa shape index (κ1) is 17.8. The van der Waals surface area contributed by atoms with E-state index in [9.17, 15) is 18.4 Å². The molecule has 0 aliphatic carbocycles. The van der Waals surface area contributed by atoms with E-state index in [1.54, 1.807) is 9.58 Å². The van der Waals surface area contributed by atoms with Gasteiger partial charge in [0, 0.05) is 25.4 Å². The zero-order valence-electron chi connectivity index (χ0n) is 13.8. The van der Waals surface area contributed by atoms with Crippen molar-refractivity contribution >= 4 is 11.9 Å². The quantitative estimate of drug-likeness (QED) is 0.877. The Balaban J connectivity index is 1.50. The highest BCUT2D eigenvalue weighted by Gasteiger charge is 2.25. The van der Waals surface area contributed by atoms with Crippen LogP contribution in [0.25, 0.3) is 0 Å². The number of carbonyl (C=O) groups is 2. The Bertz CT molecular complexity index is 816. The van der Waals surface area contributed by atoms with Crippen molar-refractivity contribution in [3.63, 3.8) is 0 Å². The Hall–Kier alpha value is -2.97. The molecule has 2 heterocycles. The summed E-state index contributed by atoms with van der Waals surface area (Å²) in [5.41, 5.74) is 0.123. The molecule has 138 valence electrons. The number of ether oxygens (including phenoxy) is 1. The number of aromatic carboxylic acids is 1. The second-order valence-corrected chi connectivity index (χ2v) is 5.99. The maximum Gasteiger partial charge on any atom is 0.338 e. The lowest BCUT2D eigenvalue weighted by molar-refractivity contribution is -0.134. The minimum absolute atomic E-state index is 0.0163. The third-order valence-electron chi connectivity index (χ3n) is 4.28. The van der Waals surface area contributed by atoms with Crippen molar-refractivity contribution in [1.29, 1.82) is 0 Å². The maximum absolute atomic E-state index is 13.5. The van der Waals surface area contributed by atoms with Crippen LogP contribution in [0.5, 0.6) is 5.75 Å². The average molecular weight is 365 g/mol. The molecule has 1 aliphatic heterocycles. The summed E-state index contributed by atoms with van der Waals surface area (Å²) < 4.78 is 33.1. The van der Waals surface area contributed by atoms with Gasteiger partial charge in [-0.15, -0.1) is 0 Å². The van der Waals surface area contributed by atoms with Gasteiger partial charge in [-0.25, -0.2) is 13.6 Å². The van der Waals surface area contributed by atoms with E-state index < -0.39 is 17.6 Å². The average Bonchev–Trinajstić information content (AvgIpc) is 3.11. The predicted molar refractivity (Wildman–Crippen MR) is 85.9 cm³/mol. The van der Waals surface area contributed by atoms with Gasteiger partial charge in [0.05, 0.1) is 17.8 Å². The highest BCUT2D eigenvalue weighted by molar-refractivity contribution is 5.86. The number of aromatic nitrogens is 2. The summed E-state index contributed by atoms with van der Waals surface area (Å²) in [6.45, 7) is 0.584. The molecule has 0 unspecified atom stereocenters. The zero-order valence-corrected chi connectivity index (χ0v) is 13.8. The van der Waals surface area contributed by atoms with Crippen LogP contribution in [-0.4, -0.2) is 51.4 Å². The van der Waals surface area contributed by atoms with Crippen LogP contribution in [0.4, 0.5) is 8.78 Å². The van der Waals surface area contributed by atoms with E-state index in [4.69, 9.17) is 9.84 Å². The Morgan fingerprint density at radius 1 is 1.27 bits per heavy atom. The molecular weight excluding hydrogens is 348 g/mol. The van der Waals surface area contributed by atoms with Gasteiger partial charge < -0.3 is 14.7 Å². The second-order valence-electron chi connectivity index (χ2n) is 5.99. The summed E-state index contributed by atoms with van der Waals surface area (Å²) >= 11 is 0. The number of carbonyl (C=O) groups excluding carboxylic acids is 1. The van der Waals surface area contributed by atoms with Crippen LogP contribution in [0, 0.1) is 11.6 Å². The Morgan fingerprint density at radius 3 is 2.62 bits per heavy atom. The van der Waals surface area contributed by atoms with Crippen LogP contribution >= 0.6 is 0 Å². The number of hydrogen-bond acceptors (Lipinski definition) is 4. The van der Waals surface area contributed by atoms with E-state index in [1.807, 2.05) is 0 Å². The van der Waals surface area contributed by atoms with Gasteiger partial charge in [0.15, 0.2) is 18.2 Å². The molecule has 1 amide bonds. The lowest BCUT2D eigenvalue weighted by Crippen LogP contribution is -2.41. The molecule has 1 saturated heterocycles. The Morgan fingerprint density at radius 2 is 2.00 bits per heavy atom. The molecule has 9 heteroatoms. The first-order chi connectivity index (χ1) is 12.4. The summed E-state index contributed by atoms with van der Waals surface area (Å²) in [4.78, 5) is 24.7. The van der Waals surface area contributed by atoms with Gasteiger partial charge >= 0.3 is 5.97 Å². The number of likely N-dealkylation sites (tertiary alicyclic amines) is 1. The fraction of sp³-hybridized carbons (Fsp3) is 0.353. The Kier molecular flexibility index (Phi) is 5.15. The summed E-state index contributed by atoms with van der Waals surface area (Å²) in [5.74, 6) is -3.07. The van der Waals surface area contributed by atoms with Gasteiger partial charge in [-0.2, -0.15) is 5.10 Å². The molecule has 1 aromatic heterocycles. The van der Waals surface area contributed by atoms with Gasteiger partial charge in [0.1, 0.15) is 5.82 Å². The van der Waals surface area contributed by atoms with E-state index in [0.29, 0.717) is 32.0 Å². The first-order valence-electron chi connectivity index (χ1n) is 8.07. The van der Waals surface area contributed by atoms with Crippen molar-refractivity contribution in [3.05, 3.63) is 47.8 Å². The lowest BCUT2D eigenvalue weighted by Gasteiger charge is -2.32. The third-order valence-corrected chi connectivity index (χ3v) is 4.28. The van der Waals surface area contributed by atoms with E-state index >= 15 is 0 Å². The highest BCUT2D eigenvalue weighted by Crippen LogP contribution is 2.23. The molecule has 26 heavy (non-hydrogen) atoms. The van der Waals surface area contributed by atoms with Gasteiger partial charge in [-0.3, -0.25) is 9.48 Å². The van der Waals surface area contributed by atoms with E-state index in [-0.39, 0.29) is 29.9 Å². The molecule has 3 rings (SSSR count). The Labute approximate surface area is 147 Å². The monoisotopic (exact) mass is 365 g/mol. The number of amides is 1. The minimum Gasteiger partial charge on any atom is -0.481 e. The molecule has 7 nitrogen and oxygen atoms in total. The maximum atomic E-state index is 13.5. The summed E-state index contributed by atoms with van der Waals surface area (Å²) in [6.07, 6.45) is 4.02. The molecule has 0 bridgehead atoms. The standard InChI is InChI=1S/C17H17F2N3O4/c18-12-1-2-15(14(19)7-12)26-10-16(23)21-5-3-13(4-6-21)22-9-11(8-20-22)17(24)25/h1-2,7-9,13H,3-6,10H2,(H,24,25). The first-order valence-corrected chi connectivity index (χ1v) is 8.07. The van der Waals surface area contributed by atoms with Crippen molar-refractivity contribution in [3.8, 4) is 5.75 Å². The fourth-order valence-electron chi connectivity index (χ4n) is 2.85. The van der Waals surface area contributed by atoms with Crippen LogP contribution in [-0.2, 0) is 4.79 Å². The number of benzene rings is 1. The van der Waals surface area contributed by atoms with Crippen LogP contribution in [0.1, 0.15) is 29.2 Å². The van der Waals surface area contributed by atoms with Crippen molar-refractivity contribution in [2.45, 2.75) is 18.9 Å². The molecule has 1 N–H and O–H groups in total. The molecule has 1 aliphatic rings. The van der Waals surface area contributed by atoms with E-state index in [1.165, 1.54) is 12.4 Å². The number of hydrogen-bond donors (Lipinski definition) is 1. The number of halogens is 2. The molecule has 0 saturated carbocycles. The fourth-order valence-corrected chi connectivity index (χ4v) is 2.85. The van der Waals surface area contributed by atoms with E-state index in [2.05, 4.69) is 5.10 Å². The van der Waals surface area contributed by atoms with Crippen LogP contribution < -0.4 is 4.74 Å². The summed E-state index contributed by atoms with van der Waals surface area (Å²) in [6, 6.07) is 2.91. The SMILES string of the molecule is O=C(O)c1cnn(C2CCN(C(=O)COc3ccc(F)cc3F)CC2)c1. The van der Waals surface area contributed by atoms with Gasteiger partial charge in [0.25, 0.3) is 5.91 Å².